The number of amides is 2. The Kier molecular flexibility index (Phi) is 9.81. The van der Waals surface area contributed by atoms with E-state index in [9.17, 15) is 24.3 Å². The molecule has 0 atom stereocenters. The first-order chi connectivity index (χ1) is 16.0. The molecule has 0 radical (unpaired) electrons. The van der Waals surface area contributed by atoms with E-state index in [0.29, 0.717) is 0 Å². The number of aliphatic hydroxyl groups excluding tert-OH is 1. The van der Waals surface area contributed by atoms with E-state index in [1.807, 2.05) is 0 Å². The summed E-state index contributed by atoms with van der Waals surface area (Å²) in [5, 5.41) is 14.6. The summed E-state index contributed by atoms with van der Waals surface area (Å²) in [7, 11) is 2.38. The highest BCUT2D eigenvalue weighted by Gasteiger charge is 2.43. The SMILES string of the molecule is COC(=O)C1(C)OCC(OC(=O)NCC(O)CNC(=O)OC2COC(C)(C(=O)OC)OC2)CO1. The summed E-state index contributed by atoms with van der Waals surface area (Å²) in [5.41, 5.74) is 0. The second-order valence-electron chi connectivity index (χ2n) is 7.59. The molecule has 0 aromatic rings. The van der Waals surface area contributed by atoms with Crippen molar-refractivity contribution in [3.63, 3.8) is 0 Å². The second-order valence-corrected chi connectivity index (χ2v) is 7.59. The smallest absolute Gasteiger partial charge is 0.407 e. The molecule has 0 bridgehead atoms. The third-order valence-corrected chi connectivity index (χ3v) is 4.80. The summed E-state index contributed by atoms with van der Waals surface area (Å²) >= 11 is 0. The molecule has 0 aromatic heterocycles. The summed E-state index contributed by atoms with van der Waals surface area (Å²) in [6.07, 6.45) is -4.41. The highest BCUT2D eigenvalue weighted by Crippen LogP contribution is 2.22. The third kappa shape index (κ3) is 7.66. The fourth-order valence-electron chi connectivity index (χ4n) is 2.79. The summed E-state index contributed by atoms with van der Waals surface area (Å²) < 4.78 is 40.3. The number of hydrogen-bond donors (Lipinski definition) is 3. The predicted molar refractivity (Wildman–Crippen MR) is 107 cm³/mol. The van der Waals surface area contributed by atoms with Gasteiger partial charge in [0.05, 0.1) is 46.8 Å². The van der Waals surface area contributed by atoms with E-state index in [-0.39, 0.29) is 39.5 Å². The van der Waals surface area contributed by atoms with Crippen molar-refractivity contribution >= 4 is 24.1 Å². The normalized spacial score (nSPS) is 29.8. The highest BCUT2D eigenvalue weighted by molar-refractivity contribution is 5.77. The molecule has 15 heteroatoms. The zero-order valence-electron chi connectivity index (χ0n) is 19.3. The van der Waals surface area contributed by atoms with Crippen LogP contribution in [-0.2, 0) is 47.5 Å². The maximum atomic E-state index is 11.9. The number of esters is 2. The van der Waals surface area contributed by atoms with Crippen molar-refractivity contribution in [2.75, 3.05) is 53.7 Å². The number of carbonyl (C=O) groups excluding carboxylic acids is 4. The van der Waals surface area contributed by atoms with Crippen molar-refractivity contribution < 1.29 is 62.2 Å². The topological polar surface area (TPSA) is 186 Å². The molecule has 0 unspecified atom stereocenters. The predicted octanol–water partition coefficient (Wildman–Crippen LogP) is -1.59. The minimum atomic E-state index is -1.57. The van der Waals surface area contributed by atoms with Gasteiger partial charge in [0.25, 0.3) is 11.6 Å². The van der Waals surface area contributed by atoms with Crippen LogP contribution in [0.2, 0.25) is 0 Å². The van der Waals surface area contributed by atoms with E-state index in [1.54, 1.807) is 0 Å². The molecule has 2 aliphatic rings. The number of hydrogen-bond acceptors (Lipinski definition) is 13. The van der Waals surface area contributed by atoms with E-state index in [1.165, 1.54) is 28.1 Å². The molecule has 194 valence electrons. The average molecular weight is 494 g/mol. The van der Waals surface area contributed by atoms with Gasteiger partial charge in [-0.1, -0.05) is 0 Å². The Hall–Kier alpha value is -2.72. The number of alkyl carbamates (subject to hydrolysis) is 2. The molecular formula is C19H30N2O13. The third-order valence-electron chi connectivity index (χ3n) is 4.80. The largest absolute Gasteiger partial charge is 0.465 e. The monoisotopic (exact) mass is 494 g/mol. The molecule has 2 amide bonds. The number of rotatable bonds is 8. The van der Waals surface area contributed by atoms with Gasteiger partial charge < -0.3 is 53.6 Å². The maximum absolute atomic E-state index is 11.9. The molecule has 2 rings (SSSR count). The van der Waals surface area contributed by atoms with Crippen LogP contribution in [0, 0.1) is 0 Å². The van der Waals surface area contributed by atoms with Gasteiger partial charge in [-0.05, 0) is 0 Å². The first-order valence-corrected chi connectivity index (χ1v) is 10.3. The lowest BCUT2D eigenvalue weighted by Gasteiger charge is -2.34. The van der Waals surface area contributed by atoms with Gasteiger partial charge in [0.2, 0.25) is 0 Å². The molecular weight excluding hydrogens is 464 g/mol. The molecule has 0 aliphatic carbocycles. The van der Waals surface area contributed by atoms with Crippen LogP contribution in [0.15, 0.2) is 0 Å². The minimum Gasteiger partial charge on any atom is -0.465 e. The highest BCUT2D eigenvalue weighted by atomic mass is 16.8. The minimum absolute atomic E-state index is 0.0949. The van der Waals surface area contributed by atoms with Gasteiger partial charge in [0, 0.05) is 26.9 Å². The van der Waals surface area contributed by atoms with Gasteiger partial charge in [-0.2, -0.15) is 0 Å². The zero-order chi connectivity index (χ0) is 25.4. The Morgan fingerprint density at radius 1 is 0.794 bits per heavy atom. The lowest BCUT2D eigenvalue weighted by molar-refractivity contribution is -0.279. The van der Waals surface area contributed by atoms with Crippen LogP contribution < -0.4 is 10.6 Å². The number of aliphatic hydroxyl groups is 1. The first kappa shape index (κ1) is 27.5. The lowest BCUT2D eigenvalue weighted by Crippen LogP contribution is -2.52. The zero-order valence-corrected chi connectivity index (χ0v) is 19.3. The molecule has 34 heavy (non-hydrogen) atoms. The Balaban J connectivity index is 1.59. The number of nitrogens with one attached hydrogen (secondary N) is 2. The molecule has 15 nitrogen and oxygen atoms in total. The van der Waals surface area contributed by atoms with Crippen molar-refractivity contribution in [2.24, 2.45) is 0 Å². The van der Waals surface area contributed by atoms with Crippen molar-refractivity contribution in [1.82, 2.24) is 10.6 Å². The van der Waals surface area contributed by atoms with Crippen LogP contribution in [0.1, 0.15) is 13.8 Å². The summed E-state index contributed by atoms with van der Waals surface area (Å²) in [6.45, 7) is 1.92. The van der Waals surface area contributed by atoms with Crippen LogP contribution >= 0.6 is 0 Å². The Labute approximate surface area is 195 Å². The van der Waals surface area contributed by atoms with Gasteiger partial charge in [0.15, 0.2) is 12.2 Å². The Morgan fingerprint density at radius 2 is 1.12 bits per heavy atom. The van der Waals surface area contributed by atoms with Crippen molar-refractivity contribution in [1.29, 1.82) is 0 Å². The molecule has 2 fully saturated rings. The van der Waals surface area contributed by atoms with Crippen LogP contribution in [0.5, 0.6) is 0 Å². The maximum Gasteiger partial charge on any atom is 0.407 e. The summed E-state index contributed by atoms with van der Waals surface area (Å²) in [4.78, 5) is 46.9. The quantitative estimate of drug-likeness (QED) is 0.259. The van der Waals surface area contributed by atoms with Crippen LogP contribution in [0.4, 0.5) is 9.59 Å². The van der Waals surface area contributed by atoms with Crippen LogP contribution in [0.25, 0.3) is 0 Å². The molecule has 0 spiro atoms. The molecule has 3 N–H and O–H groups in total. The van der Waals surface area contributed by atoms with Gasteiger partial charge in [-0.25, -0.2) is 19.2 Å². The molecule has 0 saturated carbocycles. The number of carbonyl (C=O) groups is 4. The van der Waals surface area contributed by atoms with E-state index < -0.39 is 54.0 Å². The first-order valence-electron chi connectivity index (χ1n) is 10.3. The van der Waals surface area contributed by atoms with Crippen molar-refractivity contribution in [2.45, 2.75) is 43.7 Å². The number of methoxy groups -OCH3 is 2. The Morgan fingerprint density at radius 3 is 1.41 bits per heavy atom. The average Bonchev–Trinajstić information content (AvgIpc) is 2.83. The van der Waals surface area contributed by atoms with Crippen LogP contribution in [-0.4, -0.2) is 113 Å². The fourth-order valence-corrected chi connectivity index (χ4v) is 2.79. The van der Waals surface area contributed by atoms with Gasteiger partial charge in [-0.3, -0.25) is 0 Å². The van der Waals surface area contributed by atoms with Gasteiger partial charge in [0.1, 0.15) is 0 Å². The van der Waals surface area contributed by atoms with Crippen molar-refractivity contribution in [3.8, 4) is 0 Å². The van der Waals surface area contributed by atoms with E-state index in [0.717, 1.165) is 0 Å². The molecule has 2 aliphatic heterocycles. The number of ether oxygens (including phenoxy) is 8. The standard InChI is InChI=1S/C19H30N2O13/c1-18(14(23)27-3)29-7-12(8-30-18)33-16(25)20-5-11(22)6-21-17(26)34-13-9-31-19(2,32-10-13)15(24)28-4/h11-13,22H,5-10H2,1-4H3,(H,20,25)(H,21,26). The van der Waals surface area contributed by atoms with E-state index in [2.05, 4.69) is 20.1 Å². The molecule has 2 heterocycles. The van der Waals surface area contributed by atoms with E-state index >= 15 is 0 Å². The second kappa shape index (κ2) is 12.1. The molecule has 2 saturated heterocycles. The summed E-state index contributed by atoms with van der Waals surface area (Å²) in [6, 6.07) is 0. The van der Waals surface area contributed by atoms with Crippen molar-refractivity contribution in [3.05, 3.63) is 0 Å². The molecule has 0 aromatic carbocycles. The summed E-state index contributed by atoms with van der Waals surface area (Å²) in [5.74, 6) is -4.57. The van der Waals surface area contributed by atoms with Gasteiger partial charge in [-0.15, -0.1) is 0 Å². The lowest BCUT2D eigenvalue weighted by atomic mass is 10.2. The Bertz CT molecular complexity index is 670. The fraction of sp³-hybridized carbons (Fsp3) is 0.789. The van der Waals surface area contributed by atoms with E-state index in [4.69, 9.17) is 28.4 Å². The van der Waals surface area contributed by atoms with Gasteiger partial charge >= 0.3 is 24.1 Å². The van der Waals surface area contributed by atoms with Crippen LogP contribution in [0.3, 0.4) is 0 Å².